The third-order valence-corrected chi connectivity index (χ3v) is 4.10. The van der Waals surface area contributed by atoms with Crippen LogP contribution in [0.3, 0.4) is 0 Å². The monoisotopic (exact) mass is 265 g/mol. The highest BCUT2D eigenvalue weighted by molar-refractivity contribution is 5.93. The molecule has 0 spiro atoms. The van der Waals surface area contributed by atoms with Gasteiger partial charge in [0.25, 0.3) is 5.91 Å². The zero-order valence-corrected chi connectivity index (χ0v) is 11.3. The van der Waals surface area contributed by atoms with E-state index >= 15 is 0 Å². The lowest BCUT2D eigenvalue weighted by atomic mass is 10.0. The van der Waals surface area contributed by atoms with Crippen molar-refractivity contribution in [3.05, 3.63) is 23.7 Å². The Morgan fingerprint density at radius 1 is 1.53 bits per heavy atom. The molecule has 0 N–H and O–H groups in total. The van der Waals surface area contributed by atoms with Gasteiger partial charge in [-0.15, -0.1) is 0 Å². The summed E-state index contributed by atoms with van der Waals surface area (Å²) in [6, 6.07) is 1.92. The van der Waals surface area contributed by atoms with Crippen molar-refractivity contribution in [1.29, 1.82) is 0 Å². The molecule has 2 fully saturated rings. The van der Waals surface area contributed by atoms with Crippen LogP contribution < -0.4 is 0 Å². The van der Waals surface area contributed by atoms with Crippen molar-refractivity contribution in [2.24, 2.45) is 0 Å². The molecule has 104 valence electrons. The summed E-state index contributed by atoms with van der Waals surface area (Å²) in [6.07, 6.45) is 3.47. The zero-order valence-electron chi connectivity index (χ0n) is 11.3. The van der Waals surface area contributed by atoms with E-state index in [1.807, 2.05) is 17.9 Å². The van der Waals surface area contributed by atoms with E-state index in [4.69, 9.17) is 13.9 Å². The normalized spacial score (nSPS) is 30.4. The maximum atomic E-state index is 12.6. The number of hydrogen-bond donors (Lipinski definition) is 0. The Labute approximate surface area is 112 Å². The van der Waals surface area contributed by atoms with Crippen molar-refractivity contribution in [2.75, 3.05) is 20.3 Å². The fourth-order valence-electron chi connectivity index (χ4n) is 3.07. The molecule has 0 aliphatic carbocycles. The molecule has 0 aromatic carbocycles. The first-order valence-corrected chi connectivity index (χ1v) is 6.72. The van der Waals surface area contributed by atoms with Gasteiger partial charge in [-0.1, -0.05) is 0 Å². The minimum atomic E-state index is -0.0532. The summed E-state index contributed by atoms with van der Waals surface area (Å²) in [5.74, 6) is 0.378. The third-order valence-electron chi connectivity index (χ3n) is 4.10. The van der Waals surface area contributed by atoms with Gasteiger partial charge in [0.1, 0.15) is 12.2 Å². The highest BCUT2D eigenvalue weighted by Crippen LogP contribution is 2.31. The largest absolute Gasteiger partial charge is 0.459 e. The van der Waals surface area contributed by atoms with Gasteiger partial charge in [-0.3, -0.25) is 4.79 Å². The molecule has 0 unspecified atom stereocenters. The first kappa shape index (κ1) is 12.7. The number of aryl methyl sites for hydroxylation is 1. The number of carbonyl (C=O) groups is 1. The predicted octanol–water partition coefficient (Wildman–Crippen LogP) is 1.61. The van der Waals surface area contributed by atoms with Gasteiger partial charge in [-0.2, -0.15) is 0 Å². The second-order valence-electron chi connectivity index (χ2n) is 5.21. The van der Waals surface area contributed by atoms with Crippen LogP contribution in [0.1, 0.15) is 29.0 Å². The van der Waals surface area contributed by atoms with Crippen LogP contribution in [0, 0.1) is 6.92 Å². The minimum absolute atomic E-state index is 0.00188. The molecule has 0 radical (unpaired) electrons. The summed E-state index contributed by atoms with van der Waals surface area (Å²) in [7, 11) is 1.67. The molecule has 1 amide bonds. The maximum absolute atomic E-state index is 12.6. The van der Waals surface area contributed by atoms with Gasteiger partial charge in [-0.05, 0) is 25.8 Å². The van der Waals surface area contributed by atoms with Gasteiger partial charge < -0.3 is 18.8 Å². The van der Waals surface area contributed by atoms with Crippen LogP contribution in [0.25, 0.3) is 0 Å². The molecule has 1 aromatic heterocycles. The molecule has 2 aliphatic rings. The molecule has 2 saturated heterocycles. The summed E-state index contributed by atoms with van der Waals surface area (Å²) in [4.78, 5) is 14.4. The highest BCUT2D eigenvalue weighted by Gasteiger charge is 2.47. The van der Waals surface area contributed by atoms with Crippen molar-refractivity contribution in [3.63, 3.8) is 0 Å². The second kappa shape index (κ2) is 4.98. The topological polar surface area (TPSA) is 51.9 Å². The molecule has 2 aliphatic heterocycles. The van der Waals surface area contributed by atoms with Crippen LogP contribution in [-0.2, 0) is 9.47 Å². The van der Waals surface area contributed by atoms with Gasteiger partial charge in [0.05, 0.1) is 18.8 Å². The molecule has 0 saturated carbocycles. The summed E-state index contributed by atoms with van der Waals surface area (Å²) in [5.41, 5.74) is 0.874. The standard InChI is InChI=1S/C14H19NO4/c1-9-5-7-19-12(9)14(16)15-8-11(17-2)13-10(15)4-3-6-18-13/h5,7,10-11,13H,3-4,6,8H2,1-2H3/t10-,11+,13+/m1/s1. The van der Waals surface area contributed by atoms with Crippen molar-refractivity contribution >= 4 is 5.91 Å². The van der Waals surface area contributed by atoms with E-state index in [1.165, 1.54) is 0 Å². The van der Waals surface area contributed by atoms with Crippen molar-refractivity contribution in [2.45, 2.75) is 38.0 Å². The number of methoxy groups -OCH3 is 1. The van der Waals surface area contributed by atoms with E-state index in [-0.39, 0.29) is 24.2 Å². The molecular weight excluding hydrogens is 246 g/mol. The predicted molar refractivity (Wildman–Crippen MR) is 68.0 cm³/mol. The molecule has 3 atom stereocenters. The number of ether oxygens (including phenoxy) is 2. The van der Waals surface area contributed by atoms with Crippen molar-refractivity contribution in [1.82, 2.24) is 4.90 Å². The fourth-order valence-corrected chi connectivity index (χ4v) is 3.07. The number of likely N-dealkylation sites (tertiary alicyclic amines) is 1. The zero-order chi connectivity index (χ0) is 13.4. The molecule has 5 heteroatoms. The fraction of sp³-hybridized carbons (Fsp3) is 0.643. The minimum Gasteiger partial charge on any atom is -0.459 e. The molecule has 3 heterocycles. The number of carbonyl (C=O) groups excluding carboxylic acids is 1. The van der Waals surface area contributed by atoms with E-state index in [1.54, 1.807) is 13.4 Å². The quantitative estimate of drug-likeness (QED) is 0.815. The Hall–Kier alpha value is -1.33. The first-order valence-electron chi connectivity index (χ1n) is 6.72. The molecule has 19 heavy (non-hydrogen) atoms. The van der Waals surface area contributed by atoms with Crippen LogP contribution in [0.15, 0.2) is 16.7 Å². The lowest BCUT2D eigenvalue weighted by Gasteiger charge is -2.31. The summed E-state index contributed by atoms with van der Waals surface area (Å²) < 4.78 is 16.6. The van der Waals surface area contributed by atoms with Gasteiger partial charge >= 0.3 is 0 Å². The Balaban J connectivity index is 1.84. The SMILES string of the molecule is CO[C@H]1CN(C(=O)c2occc2C)[C@@H]2CCCO[C@H]12. The number of rotatable bonds is 2. The van der Waals surface area contributed by atoms with Crippen LogP contribution in [0.2, 0.25) is 0 Å². The number of furan rings is 1. The number of fused-ring (bicyclic) bond motifs is 1. The van der Waals surface area contributed by atoms with Crippen LogP contribution in [-0.4, -0.2) is 49.3 Å². The van der Waals surface area contributed by atoms with Gasteiger partial charge in [0.15, 0.2) is 5.76 Å². The van der Waals surface area contributed by atoms with Crippen molar-refractivity contribution in [3.8, 4) is 0 Å². The van der Waals surface area contributed by atoms with Crippen molar-refractivity contribution < 1.29 is 18.7 Å². The Morgan fingerprint density at radius 2 is 2.37 bits per heavy atom. The number of amides is 1. The van der Waals surface area contributed by atoms with Gasteiger partial charge in [0.2, 0.25) is 0 Å². The summed E-state index contributed by atoms with van der Waals surface area (Å²) >= 11 is 0. The molecule has 1 aromatic rings. The first-order chi connectivity index (χ1) is 9.22. The smallest absolute Gasteiger partial charge is 0.290 e. The average Bonchev–Trinajstić information content (AvgIpc) is 3.01. The molecular formula is C14H19NO4. The molecule has 3 rings (SSSR count). The van der Waals surface area contributed by atoms with Crippen LogP contribution in [0.4, 0.5) is 0 Å². The Bertz CT molecular complexity index is 470. The third kappa shape index (κ3) is 2.07. The van der Waals surface area contributed by atoms with Gasteiger partial charge in [0, 0.05) is 19.3 Å². The maximum Gasteiger partial charge on any atom is 0.290 e. The van der Waals surface area contributed by atoms with E-state index < -0.39 is 0 Å². The summed E-state index contributed by atoms with van der Waals surface area (Å²) in [6.45, 7) is 3.21. The Kier molecular flexibility index (Phi) is 3.33. The van der Waals surface area contributed by atoms with Crippen LogP contribution in [0.5, 0.6) is 0 Å². The van der Waals surface area contributed by atoms with E-state index in [9.17, 15) is 4.79 Å². The summed E-state index contributed by atoms with van der Waals surface area (Å²) in [5, 5.41) is 0. The number of nitrogens with zero attached hydrogens (tertiary/aromatic N) is 1. The van der Waals surface area contributed by atoms with E-state index in [0.29, 0.717) is 12.3 Å². The van der Waals surface area contributed by atoms with E-state index in [0.717, 1.165) is 25.0 Å². The lowest BCUT2D eigenvalue weighted by Crippen LogP contribution is -2.43. The highest BCUT2D eigenvalue weighted by atomic mass is 16.5. The number of hydrogen-bond acceptors (Lipinski definition) is 4. The molecule has 5 nitrogen and oxygen atoms in total. The molecule has 0 bridgehead atoms. The second-order valence-corrected chi connectivity index (χ2v) is 5.21. The van der Waals surface area contributed by atoms with E-state index in [2.05, 4.69) is 0 Å². The lowest BCUT2D eigenvalue weighted by molar-refractivity contribution is -0.0640. The Morgan fingerprint density at radius 3 is 3.05 bits per heavy atom. The van der Waals surface area contributed by atoms with Gasteiger partial charge in [-0.25, -0.2) is 0 Å². The average molecular weight is 265 g/mol. The van der Waals surface area contributed by atoms with Crippen LogP contribution >= 0.6 is 0 Å².